The molecule has 0 aliphatic rings. The van der Waals surface area contributed by atoms with Crippen LogP contribution in [0.1, 0.15) is 0 Å². The summed E-state index contributed by atoms with van der Waals surface area (Å²) >= 11 is 1.87. The maximum Gasteiger partial charge on any atom is 0.0542 e. The van der Waals surface area contributed by atoms with Crippen molar-refractivity contribution in [1.82, 2.24) is 4.57 Å². The Bertz CT molecular complexity index is 3560. The highest BCUT2D eigenvalue weighted by Crippen LogP contribution is 2.45. The van der Waals surface area contributed by atoms with Gasteiger partial charge in [0, 0.05) is 53.7 Å². The number of rotatable bonds is 6. The van der Waals surface area contributed by atoms with E-state index in [0.29, 0.717) is 0 Å². The molecule has 2 nitrogen and oxygen atoms in total. The van der Waals surface area contributed by atoms with Crippen LogP contribution in [0.15, 0.2) is 218 Å². The highest BCUT2D eigenvalue weighted by atomic mass is 32.1. The van der Waals surface area contributed by atoms with Crippen molar-refractivity contribution in [3.05, 3.63) is 218 Å². The van der Waals surface area contributed by atoms with Gasteiger partial charge in [0.2, 0.25) is 0 Å². The number of hydrogen-bond acceptors (Lipinski definition) is 2. The van der Waals surface area contributed by atoms with Crippen molar-refractivity contribution in [3.63, 3.8) is 0 Å². The van der Waals surface area contributed by atoms with Crippen molar-refractivity contribution >= 4 is 91.9 Å². The third-order valence-corrected chi connectivity index (χ3v) is 13.0. The lowest BCUT2D eigenvalue weighted by molar-refractivity contribution is 1.18. The number of anilines is 3. The first-order chi connectivity index (χ1) is 29.2. The predicted octanol–water partition coefficient (Wildman–Crippen LogP) is 16.3. The molecule has 0 aliphatic carbocycles. The molecule has 0 unspecified atom stereocenters. The van der Waals surface area contributed by atoms with E-state index in [9.17, 15) is 0 Å². The van der Waals surface area contributed by atoms with Crippen molar-refractivity contribution in [2.75, 3.05) is 4.90 Å². The van der Waals surface area contributed by atoms with Gasteiger partial charge in [-0.05, 0) is 123 Å². The standard InChI is InChI=1S/C56H36N2S/c1-3-14-38(15-4-1)47-28-25-44(34-50(47)42-24-23-37-13-7-8-16-39(37)31-42)57(46-26-29-49-52-32-40-17-9-10-18-41(40)33-55(52)59-56(49)36-46)45-27-30-54-51(35-45)48-21-11-12-22-53(48)58(54)43-19-5-2-6-20-43/h1-36H. The number of hydrogen-bond donors (Lipinski definition) is 0. The molecule has 2 heterocycles. The predicted molar refractivity (Wildman–Crippen MR) is 254 cm³/mol. The molecule has 0 aliphatic heterocycles. The van der Waals surface area contributed by atoms with E-state index in [2.05, 4.69) is 228 Å². The zero-order chi connectivity index (χ0) is 38.9. The normalized spacial score (nSPS) is 11.7. The molecule has 59 heavy (non-hydrogen) atoms. The Labute approximate surface area is 346 Å². The monoisotopic (exact) mass is 768 g/mol. The molecule has 0 bridgehead atoms. The Kier molecular flexibility index (Phi) is 7.75. The van der Waals surface area contributed by atoms with Crippen molar-refractivity contribution in [2.24, 2.45) is 0 Å². The van der Waals surface area contributed by atoms with Gasteiger partial charge in [-0.15, -0.1) is 11.3 Å². The van der Waals surface area contributed by atoms with E-state index >= 15 is 0 Å². The van der Waals surface area contributed by atoms with E-state index in [1.807, 2.05) is 11.3 Å². The van der Waals surface area contributed by atoms with Crippen molar-refractivity contribution < 1.29 is 0 Å². The smallest absolute Gasteiger partial charge is 0.0542 e. The Balaban J connectivity index is 1.11. The zero-order valence-electron chi connectivity index (χ0n) is 32.1. The number of para-hydroxylation sites is 2. The summed E-state index contributed by atoms with van der Waals surface area (Å²) in [5.74, 6) is 0. The number of aromatic nitrogens is 1. The lowest BCUT2D eigenvalue weighted by Crippen LogP contribution is -2.10. The summed E-state index contributed by atoms with van der Waals surface area (Å²) in [5, 5.41) is 10.1. The molecule has 276 valence electrons. The molecule has 10 aromatic carbocycles. The highest BCUT2D eigenvalue weighted by molar-refractivity contribution is 7.26. The lowest BCUT2D eigenvalue weighted by atomic mass is 9.92. The molecule has 12 aromatic rings. The van der Waals surface area contributed by atoms with E-state index in [1.54, 1.807) is 0 Å². The van der Waals surface area contributed by atoms with Crippen LogP contribution >= 0.6 is 11.3 Å². The molecule has 0 spiro atoms. The van der Waals surface area contributed by atoms with Crippen LogP contribution in [0.3, 0.4) is 0 Å². The minimum absolute atomic E-state index is 1.10. The van der Waals surface area contributed by atoms with Gasteiger partial charge in [-0.2, -0.15) is 0 Å². The average Bonchev–Trinajstić information content (AvgIpc) is 3.83. The van der Waals surface area contributed by atoms with Gasteiger partial charge >= 0.3 is 0 Å². The molecule has 3 heteroatoms. The molecule has 2 aromatic heterocycles. The maximum atomic E-state index is 2.45. The number of fused-ring (bicyclic) bond motifs is 8. The highest BCUT2D eigenvalue weighted by Gasteiger charge is 2.20. The summed E-state index contributed by atoms with van der Waals surface area (Å²) in [6.07, 6.45) is 0. The van der Waals surface area contributed by atoms with Gasteiger partial charge in [-0.3, -0.25) is 0 Å². The summed E-state index contributed by atoms with van der Waals surface area (Å²) in [6, 6.07) is 80.1. The van der Waals surface area contributed by atoms with Gasteiger partial charge in [-0.25, -0.2) is 0 Å². The Morgan fingerprint density at radius 2 is 0.932 bits per heavy atom. The number of benzene rings is 10. The number of thiophene rings is 1. The molecule has 0 fully saturated rings. The summed E-state index contributed by atoms with van der Waals surface area (Å²) in [7, 11) is 0. The maximum absolute atomic E-state index is 2.45. The first-order valence-corrected chi connectivity index (χ1v) is 21.0. The molecule has 0 saturated heterocycles. The molecular formula is C56H36N2S. The fourth-order valence-electron chi connectivity index (χ4n) is 9.13. The topological polar surface area (TPSA) is 8.17 Å². The Morgan fingerprint density at radius 3 is 1.76 bits per heavy atom. The summed E-state index contributed by atoms with van der Waals surface area (Å²) in [6.45, 7) is 0. The minimum Gasteiger partial charge on any atom is -0.310 e. The average molecular weight is 769 g/mol. The molecule has 0 atom stereocenters. The van der Waals surface area contributed by atoms with E-state index in [4.69, 9.17) is 0 Å². The van der Waals surface area contributed by atoms with E-state index in [1.165, 1.54) is 85.8 Å². The van der Waals surface area contributed by atoms with Gasteiger partial charge in [0.25, 0.3) is 0 Å². The Hall–Kier alpha value is -7.46. The van der Waals surface area contributed by atoms with Crippen LogP contribution < -0.4 is 4.90 Å². The zero-order valence-corrected chi connectivity index (χ0v) is 32.9. The fraction of sp³-hybridized carbons (Fsp3) is 0. The van der Waals surface area contributed by atoms with Crippen molar-refractivity contribution in [2.45, 2.75) is 0 Å². The second-order valence-electron chi connectivity index (χ2n) is 15.4. The van der Waals surface area contributed by atoms with Crippen LogP contribution in [0.4, 0.5) is 17.1 Å². The van der Waals surface area contributed by atoms with Gasteiger partial charge < -0.3 is 9.47 Å². The van der Waals surface area contributed by atoms with Gasteiger partial charge in [-0.1, -0.05) is 140 Å². The summed E-state index contributed by atoms with van der Waals surface area (Å²) in [4.78, 5) is 2.45. The van der Waals surface area contributed by atoms with Crippen LogP contribution in [-0.4, -0.2) is 4.57 Å². The van der Waals surface area contributed by atoms with E-state index < -0.39 is 0 Å². The molecule has 0 saturated carbocycles. The second-order valence-corrected chi connectivity index (χ2v) is 16.4. The van der Waals surface area contributed by atoms with E-state index in [-0.39, 0.29) is 0 Å². The van der Waals surface area contributed by atoms with E-state index in [0.717, 1.165) is 22.7 Å². The Morgan fingerprint density at radius 1 is 0.322 bits per heavy atom. The molecule has 0 radical (unpaired) electrons. The SMILES string of the molecule is c1ccc(-c2ccc(N(c3ccc4c(c3)sc3cc5ccccc5cc34)c3ccc4c(c3)c3ccccc3n4-c3ccccc3)cc2-c2ccc3ccccc3c2)cc1. The van der Waals surface area contributed by atoms with Gasteiger partial charge in [0.05, 0.1) is 11.0 Å². The molecule has 0 amide bonds. The van der Waals surface area contributed by atoms with Crippen LogP contribution in [0.25, 0.3) is 91.5 Å². The third-order valence-electron chi connectivity index (χ3n) is 11.9. The summed E-state index contributed by atoms with van der Waals surface area (Å²) < 4.78 is 4.97. The second kappa shape index (κ2) is 13.6. The van der Waals surface area contributed by atoms with Crippen molar-refractivity contribution in [3.8, 4) is 27.9 Å². The molecular weight excluding hydrogens is 733 g/mol. The molecule has 12 rings (SSSR count). The van der Waals surface area contributed by atoms with Gasteiger partial charge in [0.15, 0.2) is 0 Å². The quantitative estimate of drug-likeness (QED) is 0.164. The number of nitrogens with zero attached hydrogens (tertiary/aromatic N) is 2. The summed E-state index contributed by atoms with van der Waals surface area (Å²) in [5.41, 5.74) is 11.7. The minimum atomic E-state index is 1.10. The lowest BCUT2D eigenvalue weighted by Gasteiger charge is -2.27. The van der Waals surface area contributed by atoms with Gasteiger partial charge in [0.1, 0.15) is 0 Å². The molecule has 0 N–H and O–H groups in total. The first kappa shape index (κ1) is 33.7. The van der Waals surface area contributed by atoms with Crippen LogP contribution in [0.5, 0.6) is 0 Å². The van der Waals surface area contributed by atoms with Crippen molar-refractivity contribution in [1.29, 1.82) is 0 Å². The van der Waals surface area contributed by atoms with Crippen LogP contribution in [0, 0.1) is 0 Å². The third kappa shape index (κ3) is 5.62. The first-order valence-electron chi connectivity index (χ1n) is 20.2. The largest absolute Gasteiger partial charge is 0.310 e. The van der Waals surface area contributed by atoms with Crippen LogP contribution in [0.2, 0.25) is 0 Å². The fourth-order valence-corrected chi connectivity index (χ4v) is 10.3. The van der Waals surface area contributed by atoms with Crippen LogP contribution in [-0.2, 0) is 0 Å².